The molecule has 180 valence electrons. The van der Waals surface area contributed by atoms with Crippen molar-refractivity contribution in [3.05, 3.63) is 63.1 Å². The van der Waals surface area contributed by atoms with Crippen LogP contribution in [0.2, 0.25) is 15.1 Å². The van der Waals surface area contributed by atoms with Crippen molar-refractivity contribution in [3.8, 4) is 0 Å². The fraction of sp³-hybridized carbons (Fsp3) is 0.364. The van der Waals surface area contributed by atoms with Crippen LogP contribution in [-0.4, -0.2) is 55.6 Å². The van der Waals surface area contributed by atoms with E-state index in [-0.39, 0.29) is 17.3 Å². The number of benzene rings is 2. The lowest BCUT2D eigenvalue weighted by atomic mass is 10.1. The monoisotopic (exact) mass is 533 g/mol. The van der Waals surface area contributed by atoms with Gasteiger partial charge in [-0.2, -0.15) is 4.31 Å². The predicted molar refractivity (Wildman–Crippen MR) is 131 cm³/mol. The summed E-state index contributed by atoms with van der Waals surface area (Å²) in [5, 5.41) is 3.79. The summed E-state index contributed by atoms with van der Waals surface area (Å²) in [6.45, 7) is 3.39. The average molecular weight is 535 g/mol. The second kappa shape index (κ2) is 12.0. The van der Waals surface area contributed by atoms with Gasteiger partial charge in [0.1, 0.15) is 6.04 Å². The first-order valence-corrected chi connectivity index (χ1v) is 12.8. The number of nitrogens with zero attached hydrogens (tertiary/aromatic N) is 2. The Labute approximate surface area is 209 Å². The molecule has 0 bridgehead atoms. The largest absolute Gasteiger partial charge is 0.355 e. The molecule has 1 atom stereocenters. The van der Waals surface area contributed by atoms with Gasteiger partial charge in [0.05, 0.1) is 11.4 Å². The summed E-state index contributed by atoms with van der Waals surface area (Å²) in [7, 11) is -2.66. The number of rotatable bonds is 10. The molecule has 2 amide bonds. The van der Waals surface area contributed by atoms with Gasteiger partial charge >= 0.3 is 0 Å². The summed E-state index contributed by atoms with van der Waals surface area (Å²) in [5.41, 5.74) is 0.472. The van der Waals surface area contributed by atoms with Gasteiger partial charge in [0.15, 0.2) is 0 Å². The van der Waals surface area contributed by atoms with Gasteiger partial charge in [-0.3, -0.25) is 9.59 Å². The second-order valence-electron chi connectivity index (χ2n) is 7.26. The Bertz CT molecular complexity index is 1070. The van der Waals surface area contributed by atoms with Gasteiger partial charge in [0, 0.05) is 40.8 Å². The highest BCUT2D eigenvalue weighted by atomic mass is 35.5. The lowest BCUT2D eigenvalue weighted by molar-refractivity contribution is -0.141. The van der Waals surface area contributed by atoms with Crippen molar-refractivity contribution in [2.24, 2.45) is 0 Å². The molecule has 0 heterocycles. The van der Waals surface area contributed by atoms with Crippen molar-refractivity contribution in [1.29, 1.82) is 0 Å². The molecule has 0 fully saturated rings. The molecule has 0 radical (unpaired) electrons. The van der Waals surface area contributed by atoms with Crippen molar-refractivity contribution >= 4 is 56.6 Å². The van der Waals surface area contributed by atoms with Gasteiger partial charge in [0.2, 0.25) is 21.8 Å². The molecule has 2 aromatic rings. The van der Waals surface area contributed by atoms with E-state index < -0.39 is 28.5 Å². The molecule has 0 saturated heterocycles. The number of halogens is 3. The van der Waals surface area contributed by atoms with E-state index in [0.29, 0.717) is 33.6 Å². The Hall–Kier alpha value is -1.84. The zero-order valence-corrected chi connectivity index (χ0v) is 21.6. The number of nitrogens with one attached hydrogen (secondary N) is 1. The van der Waals surface area contributed by atoms with Crippen LogP contribution in [0.3, 0.4) is 0 Å². The van der Waals surface area contributed by atoms with Crippen LogP contribution in [0, 0.1) is 0 Å². The highest BCUT2D eigenvalue weighted by molar-refractivity contribution is 7.89. The number of carbonyl (C=O) groups excluding carboxylic acids is 2. The third-order valence-electron chi connectivity index (χ3n) is 5.01. The molecular formula is C22H26Cl3N3O4S. The van der Waals surface area contributed by atoms with Crippen LogP contribution < -0.4 is 5.32 Å². The molecule has 0 spiro atoms. The summed E-state index contributed by atoms with van der Waals surface area (Å²) in [4.78, 5) is 27.4. The first-order chi connectivity index (χ1) is 15.5. The zero-order chi connectivity index (χ0) is 24.8. The first kappa shape index (κ1) is 27.4. The molecule has 1 N–H and O–H groups in total. The minimum Gasteiger partial charge on any atom is -0.355 e. The summed E-state index contributed by atoms with van der Waals surface area (Å²) in [5.74, 6) is -0.913. The maximum Gasteiger partial charge on any atom is 0.243 e. The number of hydrogen-bond acceptors (Lipinski definition) is 4. The van der Waals surface area contributed by atoms with E-state index in [2.05, 4.69) is 5.32 Å². The topological polar surface area (TPSA) is 86.8 Å². The summed E-state index contributed by atoms with van der Waals surface area (Å²) < 4.78 is 26.8. The van der Waals surface area contributed by atoms with Gasteiger partial charge in [-0.25, -0.2) is 8.42 Å². The van der Waals surface area contributed by atoms with Gasteiger partial charge in [0.25, 0.3) is 0 Å². The van der Waals surface area contributed by atoms with Crippen molar-refractivity contribution in [2.75, 3.05) is 20.1 Å². The molecule has 0 aliphatic heterocycles. The van der Waals surface area contributed by atoms with E-state index in [9.17, 15) is 18.0 Å². The lowest BCUT2D eigenvalue weighted by Crippen LogP contribution is -2.51. The molecule has 33 heavy (non-hydrogen) atoms. The average Bonchev–Trinajstić information content (AvgIpc) is 2.76. The van der Waals surface area contributed by atoms with Gasteiger partial charge in [-0.1, -0.05) is 47.8 Å². The van der Waals surface area contributed by atoms with Crippen LogP contribution in [-0.2, 0) is 26.2 Å². The van der Waals surface area contributed by atoms with E-state index in [1.165, 1.54) is 36.2 Å². The van der Waals surface area contributed by atoms with Gasteiger partial charge in [-0.05, 0) is 49.7 Å². The van der Waals surface area contributed by atoms with Crippen LogP contribution in [0.15, 0.2) is 47.4 Å². The number of likely N-dealkylation sites (N-methyl/N-ethyl adjacent to an activating group) is 2. The fourth-order valence-corrected chi connectivity index (χ4v) is 4.98. The van der Waals surface area contributed by atoms with Crippen molar-refractivity contribution < 1.29 is 18.0 Å². The minimum atomic E-state index is -3.96. The molecule has 2 rings (SSSR count). The van der Waals surface area contributed by atoms with Gasteiger partial charge in [-0.15, -0.1) is 0 Å². The number of hydrogen-bond donors (Lipinski definition) is 1. The van der Waals surface area contributed by atoms with Crippen molar-refractivity contribution in [1.82, 2.24) is 14.5 Å². The third-order valence-corrected chi connectivity index (χ3v) is 7.78. The number of carbonyl (C=O) groups is 2. The Morgan fingerprint density at radius 2 is 1.58 bits per heavy atom. The number of amides is 2. The van der Waals surface area contributed by atoms with Crippen molar-refractivity contribution in [3.63, 3.8) is 0 Å². The highest BCUT2D eigenvalue weighted by Gasteiger charge is 2.32. The molecule has 11 heteroatoms. The van der Waals surface area contributed by atoms with E-state index >= 15 is 0 Å². The fourth-order valence-electron chi connectivity index (χ4n) is 3.22. The Morgan fingerprint density at radius 3 is 2.09 bits per heavy atom. The maximum atomic E-state index is 13.4. The van der Waals surface area contributed by atoms with E-state index in [1.807, 2.05) is 0 Å². The summed E-state index contributed by atoms with van der Waals surface area (Å²) >= 11 is 18.4. The minimum absolute atomic E-state index is 0.00124. The summed E-state index contributed by atoms with van der Waals surface area (Å²) in [6, 6.07) is 9.75. The van der Waals surface area contributed by atoms with E-state index in [4.69, 9.17) is 34.8 Å². The standard InChI is InChI=1S/C22H26Cl3N3O4S/c1-4-20(22(30)26-5-2)28(13-17-18(24)7-6-8-19(17)25)21(29)14-27(3)33(31,32)16-11-9-15(23)10-12-16/h6-12,20H,4-5,13-14H2,1-3H3,(H,26,30). The summed E-state index contributed by atoms with van der Waals surface area (Å²) in [6.07, 6.45) is 0.313. The van der Waals surface area contributed by atoms with E-state index in [0.717, 1.165) is 4.31 Å². The molecule has 1 unspecified atom stereocenters. The predicted octanol–water partition coefficient (Wildman–Crippen LogP) is 4.21. The zero-order valence-electron chi connectivity index (χ0n) is 18.5. The maximum absolute atomic E-state index is 13.4. The van der Waals surface area contributed by atoms with Crippen LogP contribution >= 0.6 is 34.8 Å². The first-order valence-electron chi connectivity index (χ1n) is 10.2. The normalized spacial score (nSPS) is 12.5. The van der Waals surface area contributed by atoms with Crippen LogP contribution in [0.5, 0.6) is 0 Å². The molecule has 0 aliphatic carbocycles. The Kier molecular flexibility index (Phi) is 10.00. The Balaban J connectivity index is 2.37. The highest BCUT2D eigenvalue weighted by Crippen LogP contribution is 2.27. The quantitative estimate of drug-likeness (QED) is 0.495. The molecule has 0 aromatic heterocycles. The van der Waals surface area contributed by atoms with E-state index in [1.54, 1.807) is 32.0 Å². The lowest BCUT2D eigenvalue weighted by Gasteiger charge is -2.32. The number of sulfonamides is 1. The van der Waals surface area contributed by atoms with Crippen LogP contribution in [0.4, 0.5) is 0 Å². The smallest absolute Gasteiger partial charge is 0.243 e. The SMILES string of the molecule is CCNC(=O)C(CC)N(Cc1c(Cl)cccc1Cl)C(=O)CN(C)S(=O)(=O)c1ccc(Cl)cc1. The van der Waals surface area contributed by atoms with Crippen molar-refractivity contribution in [2.45, 2.75) is 37.8 Å². The molecule has 7 nitrogen and oxygen atoms in total. The molecular weight excluding hydrogens is 509 g/mol. The molecule has 0 saturated carbocycles. The van der Waals surface area contributed by atoms with Crippen LogP contribution in [0.1, 0.15) is 25.8 Å². The molecule has 0 aliphatic rings. The second-order valence-corrected chi connectivity index (χ2v) is 10.6. The van der Waals surface area contributed by atoms with Gasteiger partial charge < -0.3 is 10.2 Å². The Morgan fingerprint density at radius 1 is 1.00 bits per heavy atom. The van der Waals surface area contributed by atoms with Crippen LogP contribution in [0.25, 0.3) is 0 Å². The third kappa shape index (κ3) is 6.83. The molecule has 2 aromatic carbocycles.